The van der Waals surface area contributed by atoms with Crippen molar-refractivity contribution in [2.24, 2.45) is 0 Å². The van der Waals surface area contributed by atoms with Crippen molar-refractivity contribution in [1.29, 1.82) is 0 Å². The summed E-state index contributed by atoms with van der Waals surface area (Å²) in [4.78, 5) is 16.6. The first kappa shape index (κ1) is 13.7. The lowest BCUT2D eigenvalue weighted by Crippen LogP contribution is -2.52. The number of anilines is 1. The van der Waals surface area contributed by atoms with E-state index in [0.717, 1.165) is 19.6 Å². The van der Waals surface area contributed by atoms with Crippen LogP contribution in [-0.4, -0.2) is 55.5 Å². The van der Waals surface area contributed by atoms with Gasteiger partial charge < -0.3 is 20.3 Å². The van der Waals surface area contributed by atoms with Crippen LogP contribution >= 0.6 is 0 Å². The number of hydrogen-bond donors (Lipinski definition) is 1. The number of hydrogen-bond acceptors (Lipinski definition) is 4. The Morgan fingerprint density at radius 2 is 2.16 bits per heavy atom. The number of benzene rings is 1. The number of methoxy groups -OCH3 is 1. The molecule has 0 aliphatic carbocycles. The highest BCUT2D eigenvalue weighted by Gasteiger charge is 2.25. The molecular formula is C14H21N3O2. The minimum absolute atomic E-state index is 0.0364. The molecule has 1 amide bonds. The number of nitrogens with zero attached hydrogens (tertiary/aromatic N) is 2. The Balaban J connectivity index is 2.13. The number of nitrogen functional groups attached to an aromatic ring is 1. The summed E-state index contributed by atoms with van der Waals surface area (Å²) in [7, 11) is 3.65. The van der Waals surface area contributed by atoms with E-state index in [-0.39, 0.29) is 5.91 Å². The molecule has 1 fully saturated rings. The number of nitrogens with two attached hydrogens (primary N) is 1. The van der Waals surface area contributed by atoms with Crippen molar-refractivity contribution in [2.45, 2.75) is 13.0 Å². The van der Waals surface area contributed by atoms with Crippen LogP contribution in [0.1, 0.15) is 17.3 Å². The lowest BCUT2D eigenvalue weighted by molar-refractivity contribution is 0.0572. The number of rotatable bonds is 2. The van der Waals surface area contributed by atoms with E-state index in [9.17, 15) is 4.79 Å². The fourth-order valence-electron chi connectivity index (χ4n) is 2.28. The summed E-state index contributed by atoms with van der Waals surface area (Å²) in [5.41, 5.74) is 6.96. The van der Waals surface area contributed by atoms with Gasteiger partial charge in [-0.3, -0.25) is 4.79 Å². The Morgan fingerprint density at radius 3 is 2.74 bits per heavy atom. The van der Waals surface area contributed by atoms with E-state index < -0.39 is 0 Å². The molecule has 0 spiro atoms. The zero-order valence-electron chi connectivity index (χ0n) is 11.7. The Morgan fingerprint density at radius 1 is 1.42 bits per heavy atom. The molecule has 1 aliphatic rings. The van der Waals surface area contributed by atoms with Crippen molar-refractivity contribution < 1.29 is 9.53 Å². The topological polar surface area (TPSA) is 58.8 Å². The highest BCUT2D eigenvalue weighted by Crippen LogP contribution is 2.23. The van der Waals surface area contributed by atoms with E-state index in [4.69, 9.17) is 10.5 Å². The van der Waals surface area contributed by atoms with Gasteiger partial charge in [0.25, 0.3) is 5.91 Å². The standard InChI is InChI=1S/C14H21N3O2/c1-10-9-17(7-6-16(10)2)14(18)11-4-5-13(19-3)12(15)8-11/h4-5,8,10H,6-7,9,15H2,1-3H3. The quantitative estimate of drug-likeness (QED) is 0.810. The molecule has 0 radical (unpaired) electrons. The van der Waals surface area contributed by atoms with Gasteiger partial charge in [0.15, 0.2) is 0 Å². The first-order valence-electron chi connectivity index (χ1n) is 6.46. The third-order valence-corrected chi connectivity index (χ3v) is 3.72. The Bertz CT molecular complexity index is 476. The van der Waals surface area contributed by atoms with Gasteiger partial charge in [-0.25, -0.2) is 0 Å². The first-order chi connectivity index (χ1) is 9.02. The molecule has 1 aromatic carbocycles. The maximum absolute atomic E-state index is 12.4. The molecule has 5 heteroatoms. The van der Waals surface area contributed by atoms with Gasteiger partial charge in [0.1, 0.15) is 5.75 Å². The zero-order chi connectivity index (χ0) is 14.0. The highest BCUT2D eigenvalue weighted by molar-refractivity contribution is 5.95. The van der Waals surface area contributed by atoms with Crippen molar-refractivity contribution in [2.75, 3.05) is 39.5 Å². The van der Waals surface area contributed by atoms with Gasteiger partial charge in [-0.1, -0.05) is 0 Å². The molecule has 0 saturated carbocycles. The van der Waals surface area contributed by atoms with Crippen molar-refractivity contribution in [3.63, 3.8) is 0 Å². The van der Waals surface area contributed by atoms with Crippen LogP contribution in [0.5, 0.6) is 5.75 Å². The summed E-state index contributed by atoms with van der Waals surface area (Å²) in [6.07, 6.45) is 0. The number of piperazine rings is 1. The minimum Gasteiger partial charge on any atom is -0.495 e. The molecule has 1 unspecified atom stereocenters. The molecule has 2 N–H and O–H groups in total. The van der Waals surface area contributed by atoms with Gasteiger partial charge >= 0.3 is 0 Å². The van der Waals surface area contributed by atoms with Crippen LogP contribution in [-0.2, 0) is 0 Å². The summed E-state index contributed by atoms with van der Waals surface area (Å²) in [6.45, 7) is 4.53. The van der Waals surface area contributed by atoms with E-state index in [1.54, 1.807) is 25.3 Å². The number of carbonyl (C=O) groups excluding carboxylic acids is 1. The number of ether oxygens (including phenoxy) is 1. The van der Waals surface area contributed by atoms with Crippen LogP contribution in [0, 0.1) is 0 Å². The van der Waals surface area contributed by atoms with Gasteiger partial charge in [0.2, 0.25) is 0 Å². The number of likely N-dealkylation sites (N-methyl/N-ethyl adjacent to an activating group) is 1. The summed E-state index contributed by atoms with van der Waals surface area (Å²) in [6, 6.07) is 5.57. The van der Waals surface area contributed by atoms with Gasteiger partial charge in [-0.15, -0.1) is 0 Å². The Hall–Kier alpha value is -1.75. The molecule has 1 aromatic rings. The largest absolute Gasteiger partial charge is 0.495 e. The Labute approximate surface area is 113 Å². The number of amides is 1. The van der Waals surface area contributed by atoms with Crippen molar-refractivity contribution in [1.82, 2.24) is 9.80 Å². The van der Waals surface area contributed by atoms with Crippen LogP contribution < -0.4 is 10.5 Å². The molecule has 2 rings (SSSR count). The second-order valence-electron chi connectivity index (χ2n) is 5.04. The molecule has 1 saturated heterocycles. The summed E-state index contributed by atoms with van der Waals surface area (Å²) < 4.78 is 5.10. The SMILES string of the molecule is COc1ccc(C(=O)N2CCN(C)C(C)C2)cc1N. The Kier molecular flexibility index (Phi) is 3.95. The fraction of sp³-hybridized carbons (Fsp3) is 0.500. The number of carbonyl (C=O) groups is 1. The van der Waals surface area contributed by atoms with Crippen LogP contribution in [0.15, 0.2) is 18.2 Å². The van der Waals surface area contributed by atoms with Crippen molar-refractivity contribution in [3.8, 4) is 5.75 Å². The maximum Gasteiger partial charge on any atom is 0.254 e. The second-order valence-corrected chi connectivity index (χ2v) is 5.04. The van der Waals surface area contributed by atoms with Crippen LogP contribution in [0.3, 0.4) is 0 Å². The predicted octanol–water partition coefficient (Wildman–Crippen LogP) is 1.05. The molecule has 1 aliphatic heterocycles. The van der Waals surface area contributed by atoms with Crippen LogP contribution in [0.4, 0.5) is 5.69 Å². The van der Waals surface area contributed by atoms with E-state index in [0.29, 0.717) is 23.0 Å². The van der Waals surface area contributed by atoms with Gasteiger partial charge in [0.05, 0.1) is 12.8 Å². The average Bonchev–Trinajstić information content (AvgIpc) is 2.41. The van der Waals surface area contributed by atoms with E-state index in [2.05, 4.69) is 18.9 Å². The fourth-order valence-corrected chi connectivity index (χ4v) is 2.28. The lowest BCUT2D eigenvalue weighted by Gasteiger charge is -2.37. The molecule has 0 bridgehead atoms. The van der Waals surface area contributed by atoms with Crippen LogP contribution in [0.2, 0.25) is 0 Å². The zero-order valence-corrected chi connectivity index (χ0v) is 11.7. The normalized spacial score (nSPS) is 20.4. The lowest BCUT2D eigenvalue weighted by atomic mass is 10.1. The smallest absolute Gasteiger partial charge is 0.254 e. The van der Waals surface area contributed by atoms with Crippen molar-refractivity contribution >= 4 is 11.6 Å². The molecule has 1 atom stereocenters. The van der Waals surface area contributed by atoms with E-state index in [1.165, 1.54) is 0 Å². The third-order valence-electron chi connectivity index (χ3n) is 3.72. The molecular weight excluding hydrogens is 242 g/mol. The summed E-state index contributed by atoms with van der Waals surface area (Å²) in [5, 5.41) is 0. The highest BCUT2D eigenvalue weighted by atomic mass is 16.5. The summed E-state index contributed by atoms with van der Waals surface area (Å²) >= 11 is 0. The van der Waals surface area contributed by atoms with Gasteiger partial charge in [-0.05, 0) is 32.2 Å². The second kappa shape index (κ2) is 5.48. The third kappa shape index (κ3) is 2.81. The predicted molar refractivity (Wildman–Crippen MR) is 75.4 cm³/mol. The van der Waals surface area contributed by atoms with E-state index >= 15 is 0 Å². The molecule has 19 heavy (non-hydrogen) atoms. The van der Waals surface area contributed by atoms with Crippen LogP contribution in [0.25, 0.3) is 0 Å². The van der Waals surface area contributed by atoms with Crippen molar-refractivity contribution in [3.05, 3.63) is 23.8 Å². The minimum atomic E-state index is 0.0364. The van der Waals surface area contributed by atoms with E-state index in [1.807, 2.05) is 4.90 Å². The first-order valence-corrected chi connectivity index (χ1v) is 6.46. The average molecular weight is 263 g/mol. The molecule has 1 heterocycles. The summed E-state index contributed by atoms with van der Waals surface area (Å²) in [5.74, 6) is 0.637. The maximum atomic E-state index is 12.4. The molecule has 104 valence electrons. The molecule has 0 aromatic heterocycles. The van der Waals surface area contributed by atoms with Gasteiger partial charge in [-0.2, -0.15) is 0 Å². The molecule has 5 nitrogen and oxygen atoms in total. The van der Waals surface area contributed by atoms with Gasteiger partial charge in [0, 0.05) is 31.2 Å². The monoisotopic (exact) mass is 263 g/mol.